The predicted molar refractivity (Wildman–Crippen MR) is 89.7 cm³/mol. The average Bonchev–Trinajstić information content (AvgIpc) is 2.87. The number of aliphatic hydroxyl groups is 1. The van der Waals surface area contributed by atoms with Crippen LogP contribution in [0.15, 0.2) is 30.7 Å². The van der Waals surface area contributed by atoms with E-state index < -0.39 is 11.5 Å². The number of amides is 1. The first-order valence-corrected chi connectivity index (χ1v) is 8.11. The zero-order valence-electron chi connectivity index (χ0n) is 13.9. The Bertz CT molecular complexity index is 715. The highest BCUT2D eigenvalue weighted by Gasteiger charge is 2.35. The number of pyridine rings is 1. The van der Waals surface area contributed by atoms with E-state index in [1.54, 1.807) is 17.1 Å². The van der Waals surface area contributed by atoms with Crippen molar-refractivity contribution in [2.24, 2.45) is 12.8 Å². The first-order valence-electron chi connectivity index (χ1n) is 8.11. The molecular weight excluding hydrogens is 306 g/mol. The molecule has 0 aliphatic carbocycles. The van der Waals surface area contributed by atoms with E-state index in [2.05, 4.69) is 15.0 Å². The zero-order chi connectivity index (χ0) is 17.2. The number of primary amides is 1. The van der Waals surface area contributed by atoms with Gasteiger partial charge in [-0.05, 0) is 31.5 Å². The first-order chi connectivity index (χ1) is 11.5. The van der Waals surface area contributed by atoms with Gasteiger partial charge in [0.2, 0.25) is 5.91 Å². The summed E-state index contributed by atoms with van der Waals surface area (Å²) < 4.78 is 1.80. The lowest BCUT2D eigenvalue weighted by Gasteiger charge is -2.38. The SMILES string of the molecule is Cn1cc(CN2CCCC(O)(CC(N)=O)C2)c(-c2ccncc2)n1. The number of hydrogen-bond donors (Lipinski definition) is 2. The molecule has 1 aliphatic rings. The van der Waals surface area contributed by atoms with Crippen LogP contribution in [0.2, 0.25) is 0 Å². The van der Waals surface area contributed by atoms with Gasteiger partial charge in [-0.3, -0.25) is 19.4 Å². The van der Waals surface area contributed by atoms with Gasteiger partial charge >= 0.3 is 0 Å². The van der Waals surface area contributed by atoms with Crippen molar-refractivity contribution in [1.82, 2.24) is 19.7 Å². The number of hydrogen-bond acceptors (Lipinski definition) is 5. The maximum absolute atomic E-state index is 11.2. The molecule has 1 atom stereocenters. The van der Waals surface area contributed by atoms with E-state index in [-0.39, 0.29) is 6.42 Å². The summed E-state index contributed by atoms with van der Waals surface area (Å²) in [6, 6.07) is 3.87. The third kappa shape index (κ3) is 3.80. The van der Waals surface area contributed by atoms with Gasteiger partial charge in [0.05, 0.1) is 17.7 Å². The summed E-state index contributed by atoms with van der Waals surface area (Å²) in [5.41, 5.74) is 7.28. The Morgan fingerprint density at radius 3 is 2.88 bits per heavy atom. The molecular formula is C17H23N5O2. The summed E-state index contributed by atoms with van der Waals surface area (Å²) >= 11 is 0. The van der Waals surface area contributed by atoms with Gasteiger partial charge in [-0.25, -0.2) is 0 Å². The third-order valence-electron chi connectivity index (χ3n) is 4.39. The lowest BCUT2D eigenvalue weighted by Crippen LogP contribution is -2.49. The molecule has 3 N–H and O–H groups in total. The number of aryl methyl sites for hydroxylation is 1. The fourth-order valence-corrected chi connectivity index (χ4v) is 3.46. The van der Waals surface area contributed by atoms with Gasteiger partial charge in [-0.2, -0.15) is 5.10 Å². The average molecular weight is 329 g/mol. The largest absolute Gasteiger partial charge is 0.388 e. The molecule has 0 aromatic carbocycles. The Morgan fingerprint density at radius 2 is 2.17 bits per heavy atom. The summed E-state index contributed by atoms with van der Waals surface area (Å²) in [6.45, 7) is 2.00. The van der Waals surface area contributed by atoms with Crippen molar-refractivity contribution >= 4 is 5.91 Å². The molecule has 7 nitrogen and oxygen atoms in total. The minimum atomic E-state index is -1.02. The normalized spacial score (nSPS) is 21.8. The number of likely N-dealkylation sites (tertiary alicyclic amines) is 1. The van der Waals surface area contributed by atoms with Crippen LogP contribution >= 0.6 is 0 Å². The highest BCUT2D eigenvalue weighted by Crippen LogP contribution is 2.28. The second-order valence-electron chi connectivity index (χ2n) is 6.59. The Hall–Kier alpha value is -2.25. The van der Waals surface area contributed by atoms with Crippen LogP contribution in [0.1, 0.15) is 24.8 Å². The van der Waals surface area contributed by atoms with E-state index in [4.69, 9.17) is 5.73 Å². The summed E-state index contributed by atoms with van der Waals surface area (Å²) in [7, 11) is 1.90. The molecule has 1 fully saturated rings. The maximum Gasteiger partial charge on any atom is 0.220 e. The van der Waals surface area contributed by atoms with Gasteiger partial charge in [-0.1, -0.05) is 0 Å². The molecule has 2 aromatic rings. The molecule has 0 spiro atoms. The van der Waals surface area contributed by atoms with Crippen LogP contribution in [0, 0.1) is 0 Å². The number of carbonyl (C=O) groups is 1. The molecule has 0 radical (unpaired) electrons. The molecule has 1 aliphatic heterocycles. The molecule has 0 bridgehead atoms. The van der Waals surface area contributed by atoms with Crippen molar-refractivity contribution in [2.75, 3.05) is 13.1 Å². The van der Waals surface area contributed by atoms with E-state index in [0.29, 0.717) is 19.5 Å². The quantitative estimate of drug-likeness (QED) is 0.841. The number of nitrogens with zero attached hydrogens (tertiary/aromatic N) is 4. The van der Waals surface area contributed by atoms with Crippen LogP contribution in [0.3, 0.4) is 0 Å². The standard InChI is InChI=1S/C17H23N5O2/c1-21-10-14(16(20-21)13-3-6-19-7-4-13)11-22-8-2-5-17(24,12-22)9-15(18)23/h3-4,6-7,10,24H,2,5,8-9,11-12H2,1H3,(H2,18,23). The molecule has 0 saturated carbocycles. The van der Waals surface area contributed by atoms with Crippen molar-refractivity contribution in [1.29, 1.82) is 0 Å². The number of aromatic nitrogens is 3. The lowest BCUT2D eigenvalue weighted by molar-refractivity contribution is -0.125. The highest BCUT2D eigenvalue weighted by atomic mass is 16.3. The minimum Gasteiger partial charge on any atom is -0.388 e. The Kier molecular flexibility index (Phi) is 4.64. The Labute approximate surface area is 141 Å². The minimum absolute atomic E-state index is 0.00769. The summed E-state index contributed by atoms with van der Waals surface area (Å²) in [6.07, 6.45) is 6.96. The first kappa shape index (κ1) is 16.6. The van der Waals surface area contributed by atoms with Crippen molar-refractivity contribution in [3.05, 3.63) is 36.3 Å². The van der Waals surface area contributed by atoms with Crippen molar-refractivity contribution in [3.63, 3.8) is 0 Å². The highest BCUT2D eigenvalue weighted by molar-refractivity contribution is 5.75. The maximum atomic E-state index is 11.2. The van der Waals surface area contributed by atoms with Crippen molar-refractivity contribution in [3.8, 4) is 11.3 Å². The molecule has 1 amide bonds. The van der Waals surface area contributed by atoms with E-state index in [1.165, 1.54) is 0 Å². The summed E-state index contributed by atoms with van der Waals surface area (Å²) in [5.74, 6) is -0.460. The van der Waals surface area contributed by atoms with Gasteiger partial charge in [0.25, 0.3) is 0 Å². The van der Waals surface area contributed by atoms with E-state index in [1.807, 2.05) is 25.4 Å². The summed E-state index contributed by atoms with van der Waals surface area (Å²) in [4.78, 5) is 17.4. The van der Waals surface area contributed by atoms with Gasteiger partial charge < -0.3 is 10.8 Å². The topological polar surface area (TPSA) is 97.3 Å². The predicted octanol–water partition coefficient (Wildman–Crippen LogP) is 0.684. The van der Waals surface area contributed by atoms with Crippen molar-refractivity contribution < 1.29 is 9.90 Å². The number of nitrogens with two attached hydrogens (primary N) is 1. The van der Waals surface area contributed by atoms with E-state index in [9.17, 15) is 9.90 Å². The number of β-amino-alcohol motifs (C(OH)–C–C–N with tert-alkyl or cyclic N) is 1. The molecule has 1 saturated heterocycles. The Morgan fingerprint density at radius 1 is 1.42 bits per heavy atom. The molecule has 2 aromatic heterocycles. The zero-order valence-corrected chi connectivity index (χ0v) is 13.9. The van der Waals surface area contributed by atoms with E-state index >= 15 is 0 Å². The smallest absolute Gasteiger partial charge is 0.220 e. The third-order valence-corrected chi connectivity index (χ3v) is 4.39. The Balaban J connectivity index is 1.78. The number of rotatable bonds is 5. The van der Waals surface area contributed by atoms with Gasteiger partial charge in [0.1, 0.15) is 0 Å². The van der Waals surface area contributed by atoms with Gasteiger partial charge in [-0.15, -0.1) is 0 Å². The lowest BCUT2D eigenvalue weighted by atomic mass is 9.89. The van der Waals surface area contributed by atoms with Gasteiger partial charge in [0, 0.05) is 49.9 Å². The van der Waals surface area contributed by atoms with Gasteiger partial charge in [0.15, 0.2) is 0 Å². The fraction of sp³-hybridized carbons (Fsp3) is 0.471. The van der Waals surface area contributed by atoms with E-state index in [0.717, 1.165) is 29.8 Å². The molecule has 24 heavy (non-hydrogen) atoms. The van der Waals surface area contributed by atoms with Crippen molar-refractivity contribution in [2.45, 2.75) is 31.4 Å². The molecule has 3 heterocycles. The molecule has 1 unspecified atom stereocenters. The second kappa shape index (κ2) is 6.70. The van der Waals surface area contributed by atoms with Crippen LogP contribution < -0.4 is 5.73 Å². The molecule has 7 heteroatoms. The number of carbonyl (C=O) groups excluding carboxylic acids is 1. The van der Waals surface area contributed by atoms with Crippen LogP contribution in [0.4, 0.5) is 0 Å². The van der Waals surface area contributed by atoms with Crippen LogP contribution in [-0.4, -0.2) is 49.4 Å². The fourth-order valence-electron chi connectivity index (χ4n) is 3.46. The van der Waals surface area contributed by atoms with Crippen LogP contribution in [0.25, 0.3) is 11.3 Å². The molecule has 3 rings (SSSR count). The monoisotopic (exact) mass is 329 g/mol. The second-order valence-corrected chi connectivity index (χ2v) is 6.59. The summed E-state index contributed by atoms with van der Waals surface area (Å²) in [5, 5.41) is 15.2. The molecule has 128 valence electrons. The van der Waals surface area contributed by atoms with Crippen LogP contribution in [0.5, 0.6) is 0 Å². The van der Waals surface area contributed by atoms with Crippen LogP contribution in [-0.2, 0) is 18.4 Å². The number of piperidine rings is 1.